The molecular formula is C48H31NO3. The summed E-state index contributed by atoms with van der Waals surface area (Å²) in [7, 11) is 0. The van der Waals surface area contributed by atoms with Crippen molar-refractivity contribution in [3.8, 4) is 22.3 Å². The SMILES string of the molecule is C1=CC2Nc3c(ccc4c3oc3ccccc34)C2C=C1.c1cc(-c2cccc3c2oc2ccccc23)cc(-c2cccc3c2oc2ccccc23)c1. The fourth-order valence-corrected chi connectivity index (χ4v) is 8.24. The molecule has 1 aliphatic heterocycles. The van der Waals surface area contributed by atoms with Crippen LogP contribution in [-0.4, -0.2) is 6.04 Å². The molecule has 1 aliphatic carbocycles. The molecule has 0 saturated heterocycles. The monoisotopic (exact) mass is 669 g/mol. The molecule has 12 rings (SSSR count). The summed E-state index contributed by atoms with van der Waals surface area (Å²) in [6, 6.07) is 50.8. The molecule has 52 heavy (non-hydrogen) atoms. The maximum absolute atomic E-state index is 6.28. The lowest BCUT2D eigenvalue weighted by molar-refractivity contribution is 0.669. The zero-order valence-corrected chi connectivity index (χ0v) is 28.0. The molecule has 0 radical (unpaired) electrons. The highest BCUT2D eigenvalue weighted by Crippen LogP contribution is 2.45. The van der Waals surface area contributed by atoms with Gasteiger partial charge in [0, 0.05) is 49.4 Å². The van der Waals surface area contributed by atoms with Gasteiger partial charge in [-0.3, -0.25) is 0 Å². The summed E-state index contributed by atoms with van der Waals surface area (Å²) < 4.78 is 18.6. The van der Waals surface area contributed by atoms with E-state index in [-0.39, 0.29) is 0 Å². The molecule has 4 nitrogen and oxygen atoms in total. The number of allylic oxidation sites excluding steroid dienone is 2. The zero-order valence-electron chi connectivity index (χ0n) is 28.0. The minimum absolute atomic E-state index is 0.355. The highest BCUT2D eigenvalue weighted by molar-refractivity contribution is 6.12. The summed E-state index contributed by atoms with van der Waals surface area (Å²) in [4.78, 5) is 0. The van der Waals surface area contributed by atoms with Crippen LogP contribution in [0.1, 0.15) is 11.5 Å². The Kier molecular flexibility index (Phi) is 6.34. The van der Waals surface area contributed by atoms with E-state index in [1.165, 1.54) is 16.3 Å². The number of hydrogen-bond donors (Lipinski definition) is 1. The van der Waals surface area contributed by atoms with E-state index in [1.54, 1.807) is 0 Å². The van der Waals surface area contributed by atoms with Crippen molar-refractivity contribution in [3.63, 3.8) is 0 Å². The van der Waals surface area contributed by atoms with E-state index < -0.39 is 0 Å². The Bertz CT molecular complexity index is 2950. The molecule has 4 heteroatoms. The van der Waals surface area contributed by atoms with E-state index in [2.05, 4.69) is 139 Å². The number of benzene rings is 7. The van der Waals surface area contributed by atoms with E-state index in [0.29, 0.717) is 12.0 Å². The van der Waals surface area contributed by atoms with Crippen molar-refractivity contribution in [2.75, 3.05) is 5.32 Å². The van der Waals surface area contributed by atoms with Gasteiger partial charge in [0.1, 0.15) is 27.9 Å². The second kappa shape index (κ2) is 11.4. The Labute approximate surface area is 298 Å². The summed E-state index contributed by atoms with van der Waals surface area (Å²) in [6.45, 7) is 0. The first-order valence-corrected chi connectivity index (χ1v) is 17.8. The summed E-state index contributed by atoms with van der Waals surface area (Å²) in [5.74, 6) is 0.424. The molecule has 1 N–H and O–H groups in total. The molecule has 0 saturated carbocycles. The van der Waals surface area contributed by atoms with Crippen molar-refractivity contribution in [2.24, 2.45) is 0 Å². The zero-order chi connectivity index (χ0) is 34.2. The molecule has 0 amide bonds. The van der Waals surface area contributed by atoms with Crippen molar-refractivity contribution < 1.29 is 13.3 Å². The number of nitrogens with one attached hydrogen (secondary N) is 1. The van der Waals surface area contributed by atoms with E-state index in [1.807, 2.05) is 36.4 Å². The van der Waals surface area contributed by atoms with E-state index >= 15 is 0 Å². The second-order valence-electron chi connectivity index (χ2n) is 13.6. The number of para-hydroxylation sites is 5. The van der Waals surface area contributed by atoms with Gasteiger partial charge in [0.25, 0.3) is 0 Å². The largest absolute Gasteiger partial charge is 0.455 e. The second-order valence-corrected chi connectivity index (χ2v) is 13.6. The Hall–Kier alpha value is -6.78. The van der Waals surface area contributed by atoms with Gasteiger partial charge in [-0.1, -0.05) is 146 Å². The number of fused-ring (bicyclic) bond motifs is 13. The van der Waals surface area contributed by atoms with Gasteiger partial charge in [0.2, 0.25) is 0 Å². The minimum atomic E-state index is 0.355. The van der Waals surface area contributed by atoms with Crippen molar-refractivity contribution >= 4 is 71.5 Å². The van der Waals surface area contributed by atoms with Crippen LogP contribution in [0.3, 0.4) is 0 Å². The van der Waals surface area contributed by atoms with Gasteiger partial charge >= 0.3 is 0 Å². The van der Waals surface area contributed by atoms with Crippen LogP contribution >= 0.6 is 0 Å². The number of anilines is 1. The Morgan fingerprint density at radius 2 is 0.885 bits per heavy atom. The van der Waals surface area contributed by atoms with Gasteiger partial charge in [0.05, 0.1) is 11.7 Å². The molecule has 3 aromatic heterocycles. The molecule has 0 bridgehead atoms. The molecule has 10 aromatic rings. The minimum Gasteiger partial charge on any atom is -0.455 e. The molecule has 7 aromatic carbocycles. The molecule has 2 aliphatic rings. The van der Waals surface area contributed by atoms with Crippen LogP contribution in [0.25, 0.3) is 88.1 Å². The summed E-state index contributed by atoms with van der Waals surface area (Å²) in [5.41, 5.74) is 12.6. The van der Waals surface area contributed by atoms with Gasteiger partial charge in [-0.05, 0) is 41.0 Å². The van der Waals surface area contributed by atoms with Gasteiger partial charge in [-0.2, -0.15) is 0 Å². The average Bonchev–Trinajstić information content (AvgIpc) is 3.98. The summed E-state index contributed by atoms with van der Waals surface area (Å²) in [5, 5.41) is 10.6. The third-order valence-electron chi connectivity index (χ3n) is 10.7. The van der Waals surface area contributed by atoms with Crippen LogP contribution < -0.4 is 5.32 Å². The lowest BCUT2D eigenvalue weighted by Crippen LogP contribution is -2.17. The summed E-state index contributed by atoms with van der Waals surface area (Å²) in [6.07, 6.45) is 8.72. The number of rotatable bonds is 2. The Morgan fingerprint density at radius 3 is 1.48 bits per heavy atom. The molecule has 4 heterocycles. The fourth-order valence-electron chi connectivity index (χ4n) is 8.24. The Balaban J connectivity index is 0.000000137. The molecule has 246 valence electrons. The maximum Gasteiger partial charge on any atom is 0.158 e. The quantitative estimate of drug-likeness (QED) is 0.199. The smallest absolute Gasteiger partial charge is 0.158 e. The van der Waals surface area contributed by atoms with Crippen LogP contribution in [0.4, 0.5) is 5.69 Å². The normalized spacial score (nSPS) is 16.1. The van der Waals surface area contributed by atoms with Crippen LogP contribution in [0, 0.1) is 0 Å². The molecule has 2 atom stereocenters. The molecule has 0 spiro atoms. The van der Waals surface area contributed by atoms with Gasteiger partial charge in [-0.25, -0.2) is 0 Å². The first-order chi connectivity index (χ1) is 25.8. The predicted molar refractivity (Wildman–Crippen MR) is 214 cm³/mol. The topological polar surface area (TPSA) is 51.5 Å². The van der Waals surface area contributed by atoms with E-state index in [9.17, 15) is 0 Å². The van der Waals surface area contributed by atoms with Crippen molar-refractivity contribution in [2.45, 2.75) is 12.0 Å². The highest BCUT2D eigenvalue weighted by Gasteiger charge is 2.32. The van der Waals surface area contributed by atoms with Crippen molar-refractivity contribution in [3.05, 3.63) is 175 Å². The van der Waals surface area contributed by atoms with E-state index in [0.717, 1.165) is 83.0 Å². The third-order valence-corrected chi connectivity index (χ3v) is 10.7. The van der Waals surface area contributed by atoms with Crippen LogP contribution in [0.2, 0.25) is 0 Å². The van der Waals surface area contributed by atoms with Crippen molar-refractivity contribution in [1.29, 1.82) is 0 Å². The lowest BCUT2D eigenvalue weighted by Gasteiger charge is -2.15. The number of hydrogen-bond acceptors (Lipinski definition) is 4. The highest BCUT2D eigenvalue weighted by atomic mass is 16.3. The van der Waals surface area contributed by atoms with Crippen molar-refractivity contribution in [1.82, 2.24) is 0 Å². The van der Waals surface area contributed by atoms with Gasteiger partial charge < -0.3 is 18.6 Å². The molecule has 2 unspecified atom stereocenters. The van der Waals surface area contributed by atoms with Crippen LogP contribution in [0.15, 0.2) is 183 Å². The third kappa shape index (κ3) is 4.41. The predicted octanol–water partition coefficient (Wildman–Crippen LogP) is 13.4. The van der Waals surface area contributed by atoms with E-state index in [4.69, 9.17) is 13.3 Å². The first-order valence-electron chi connectivity index (χ1n) is 17.8. The average molecular weight is 670 g/mol. The molecular weight excluding hydrogens is 639 g/mol. The maximum atomic E-state index is 6.28. The van der Waals surface area contributed by atoms with Gasteiger partial charge in [0.15, 0.2) is 5.58 Å². The lowest BCUT2D eigenvalue weighted by atomic mass is 9.91. The van der Waals surface area contributed by atoms with Crippen LogP contribution in [0.5, 0.6) is 0 Å². The molecule has 0 fully saturated rings. The number of furan rings is 3. The Morgan fingerprint density at radius 1 is 0.404 bits per heavy atom. The van der Waals surface area contributed by atoms with Crippen LogP contribution in [-0.2, 0) is 0 Å². The summed E-state index contributed by atoms with van der Waals surface area (Å²) >= 11 is 0. The van der Waals surface area contributed by atoms with Gasteiger partial charge in [-0.15, -0.1) is 0 Å². The standard InChI is InChI=1S/C30H18O2.C18H13NO/c1-3-16-27-23(10-1)25-14-6-12-21(29(25)31-27)19-8-5-9-20(18-19)22-13-7-15-26-24-11-2-4-17-28(24)32-30(22)26;1-3-7-15-11(5-1)13-9-10-14-12-6-2-4-8-16(12)20-18(14)17(13)19-15/h1-18H;1-11,15,19H. The fraction of sp³-hybridized carbons (Fsp3) is 0.0417. The first kappa shape index (κ1) is 29.0.